The molecular weight excluding hydrogens is 364 g/mol. The minimum atomic E-state index is -0.920. The zero-order valence-corrected chi connectivity index (χ0v) is 15.1. The summed E-state index contributed by atoms with van der Waals surface area (Å²) >= 11 is 7.84. The van der Waals surface area contributed by atoms with E-state index in [4.69, 9.17) is 16.7 Å². The van der Waals surface area contributed by atoms with Gasteiger partial charge < -0.3 is 10.0 Å². The molecule has 1 atom stereocenters. The Morgan fingerprint density at radius 2 is 2.16 bits per heavy atom. The van der Waals surface area contributed by atoms with Crippen LogP contribution in [0.3, 0.4) is 0 Å². The zero-order valence-electron chi connectivity index (χ0n) is 13.6. The number of carboxylic acids is 1. The van der Waals surface area contributed by atoms with E-state index in [0.717, 1.165) is 5.75 Å². The molecule has 1 aliphatic rings. The van der Waals surface area contributed by atoms with Crippen molar-refractivity contribution in [1.29, 1.82) is 0 Å². The third-order valence-corrected chi connectivity index (χ3v) is 5.35. The van der Waals surface area contributed by atoms with Crippen molar-refractivity contribution in [1.82, 2.24) is 19.7 Å². The van der Waals surface area contributed by atoms with Crippen LogP contribution in [0.2, 0.25) is 5.02 Å². The van der Waals surface area contributed by atoms with E-state index in [1.165, 1.54) is 4.68 Å². The fourth-order valence-electron chi connectivity index (χ4n) is 2.75. The average Bonchev–Trinajstić information content (AvgIpc) is 2.96. The van der Waals surface area contributed by atoms with Gasteiger partial charge in [-0.2, -0.15) is 11.8 Å². The highest BCUT2D eigenvalue weighted by Crippen LogP contribution is 2.23. The van der Waals surface area contributed by atoms with Crippen LogP contribution in [0.1, 0.15) is 22.9 Å². The Kier molecular flexibility index (Phi) is 5.29. The normalized spacial score (nSPS) is 17.5. The zero-order chi connectivity index (χ0) is 18.0. The Morgan fingerprint density at radius 1 is 1.40 bits per heavy atom. The molecule has 1 aromatic heterocycles. The van der Waals surface area contributed by atoms with Gasteiger partial charge in [-0.15, -0.1) is 5.10 Å². The van der Waals surface area contributed by atoms with Gasteiger partial charge in [0.15, 0.2) is 0 Å². The number of nitrogens with zero attached hydrogens (tertiary/aromatic N) is 4. The molecule has 0 saturated carbocycles. The van der Waals surface area contributed by atoms with Gasteiger partial charge in [0.2, 0.25) is 5.82 Å². The van der Waals surface area contributed by atoms with Gasteiger partial charge in [0.25, 0.3) is 5.91 Å². The maximum Gasteiger partial charge on any atom is 0.305 e. The molecule has 1 aliphatic heterocycles. The number of hydrogen-bond donors (Lipinski definition) is 1. The number of amides is 1. The lowest BCUT2D eigenvalue weighted by Crippen LogP contribution is -2.47. The van der Waals surface area contributed by atoms with E-state index in [1.54, 1.807) is 35.7 Å². The summed E-state index contributed by atoms with van der Waals surface area (Å²) in [4.78, 5) is 29.7. The predicted molar refractivity (Wildman–Crippen MR) is 95.5 cm³/mol. The Labute approximate surface area is 154 Å². The molecular formula is C16H17ClN4O3S. The molecule has 2 heterocycles. The maximum absolute atomic E-state index is 12.8. The van der Waals surface area contributed by atoms with Crippen molar-refractivity contribution < 1.29 is 14.7 Å². The third-order valence-electron chi connectivity index (χ3n) is 3.94. The standard InChI is InChI=1S/C16H17ClN4O3S/c1-10-18-15(19-21(10)13-5-3-2-4-12(13)17)16(24)20-6-7-25-9-11(20)8-14(22)23/h2-5,11H,6-9H2,1H3,(H,22,23)/t11-/m1/s1. The second kappa shape index (κ2) is 7.45. The average molecular weight is 381 g/mol. The Balaban J connectivity index is 1.89. The van der Waals surface area contributed by atoms with Crippen molar-refractivity contribution in [2.45, 2.75) is 19.4 Å². The van der Waals surface area contributed by atoms with Gasteiger partial charge in [0, 0.05) is 18.1 Å². The van der Waals surface area contributed by atoms with E-state index in [1.807, 2.05) is 12.1 Å². The molecule has 7 nitrogen and oxygen atoms in total. The molecule has 0 bridgehead atoms. The van der Waals surface area contributed by atoms with Crippen molar-refractivity contribution in [3.8, 4) is 5.69 Å². The maximum atomic E-state index is 12.8. The number of aromatic nitrogens is 3. The van der Waals surface area contributed by atoms with Crippen LogP contribution in [-0.2, 0) is 4.79 Å². The largest absolute Gasteiger partial charge is 0.481 e. The lowest BCUT2D eigenvalue weighted by atomic mass is 10.2. The first kappa shape index (κ1) is 17.8. The molecule has 0 radical (unpaired) electrons. The summed E-state index contributed by atoms with van der Waals surface area (Å²) in [5, 5.41) is 13.9. The number of thioether (sulfide) groups is 1. The van der Waals surface area contributed by atoms with Gasteiger partial charge in [-0.1, -0.05) is 23.7 Å². The molecule has 9 heteroatoms. The SMILES string of the molecule is Cc1nc(C(=O)N2CCSC[C@H]2CC(=O)O)nn1-c1ccccc1Cl. The van der Waals surface area contributed by atoms with Crippen LogP contribution in [0.25, 0.3) is 5.69 Å². The summed E-state index contributed by atoms with van der Waals surface area (Å²) in [6, 6.07) is 6.82. The topological polar surface area (TPSA) is 88.3 Å². The van der Waals surface area contributed by atoms with Crippen LogP contribution in [0.4, 0.5) is 0 Å². The molecule has 1 fully saturated rings. The fraction of sp³-hybridized carbons (Fsp3) is 0.375. The Hall–Kier alpha value is -2.06. The molecule has 132 valence electrons. The van der Waals surface area contributed by atoms with E-state index in [2.05, 4.69) is 10.1 Å². The molecule has 1 amide bonds. The Bertz CT molecular complexity index is 810. The molecule has 0 aliphatic carbocycles. The number of benzene rings is 1. The lowest BCUT2D eigenvalue weighted by molar-refractivity contribution is -0.138. The number of halogens is 1. The minimum absolute atomic E-state index is 0.0553. The predicted octanol–water partition coefficient (Wildman–Crippen LogP) is 2.26. The number of aliphatic carboxylic acids is 1. The van der Waals surface area contributed by atoms with E-state index in [-0.39, 0.29) is 24.2 Å². The van der Waals surface area contributed by atoms with Crippen LogP contribution in [0.5, 0.6) is 0 Å². The number of hydrogen-bond acceptors (Lipinski definition) is 5. The van der Waals surface area contributed by atoms with Gasteiger partial charge in [0.05, 0.1) is 23.2 Å². The molecule has 25 heavy (non-hydrogen) atoms. The van der Waals surface area contributed by atoms with Gasteiger partial charge in [-0.05, 0) is 19.1 Å². The third kappa shape index (κ3) is 3.80. The van der Waals surface area contributed by atoms with E-state index >= 15 is 0 Å². The quantitative estimate of drug-likeness (QED) is 0.875. The molecule has 2 aromatic rings. The van der Waals surface area contributed by atoms with Crippen LogP contribution in [0, 0.1) is 6.92 Å². The van der Waals surface area contributed by atoms with Gasteiger partial charge in [-0.25, -0.2) is 9.67 Å². The minimum Gasteiger partial charge on any atom is -0.481 e. The van der Waals surface area contributed by atoms with Gasteiger partial charge in [0.1, 0.15) is 5.82 Å². The smallest absolute Gasteiger partial charge is 0.305 e. The van der Waals surface area contributed by atoms with Crippen molar-refractivity contribution in [2.24, 2.45) is 0 Å². The highest BCUT2D eigenvalue weighted by Gasteiger charge is 2.32. The van der Waals surface area contributed by atoms with E-state index in [0.29, 0.717) is 28.8 Å². The van der Waals surface area contributed by atoms with Gasteiger partial charge in [-0.3, -0.25) is 9.59 Å². The second-order valence-corrected chi connectivity index (χ2v) is 7.23. The summed E-state index contributed by atoms with van der Waals surface area (Å²) in [7, 11) is 0. The lowest BCUT2D eigenvalue weighted by Gasteiger charge is -2.33. The van der Waals surface area contributed by atoms with E-state index in [9.17, 15) is 9.59 Å². The van der Waals surface area contributed by atoms with Crippen LogP contribution < -0.4 is 0 Å². The van der Waals surface area contributed by atoms with Crippen molar-refractivity contribution >= 4 is 35.2 Å². The molecule has 1 aromatic carbocycles. The van der Waals surface area contributed by atoms with Gasteiger partial charge >= 0.3 is 5.97 Å². The molecule has 0 spiro atoms. The summed E-state index contributed by atoms with van der Waals surface area (Å²) in [6.45, 7) is 2.23. The summed E-state index contributed by atoms with van der Waals surface area (Å²) < 4.78 is 1.53. The number of carbonyl (C=O) groups is 2. The summed E-state index contributed by atoms with van der Waals surface area (Å²) in [5.74, 6) is 0.697. The van der Waals surface area contributed by atoms with Crippen LogP contribution in [-0.4, -0.2) is 60.7 Å². The second-order valence-electron chi connectivity index (χ2n) is 5.67. The molecule has 3 rings (SSSR count). The molecule has 1 saturated heterocycles. The van der Waals surface area contributed by atoms with Crippen LogP contribution in [0.15, 0.2) is 24.3 Å². The molecule has 0 unspecified atom stereocenters. The molecule has 1 N–H and O–H groups in total. The number of carbonyl (C=O) groups excluding carboxylic acids is 1. The first-order chi connectivity index (χ1) is 12.0. The summed E-state index contributed by atoms with van der Waals surface area (Å²) in [6.07, 6.45) is -0.0804. The number of aryl methyl sites for hydroxylation is 1. The highest BCUT2D eigenvalue weighted by molar-refractivity contribution is 7.99. The number of rotatable bonds is 4. The van der Waals surface area contributed by atoms with E-state index < -0.39 is 5.97 Å². The summed E-state index contributed by atoms with van der Waals surface area (Å²) in [5.41, 5.74) is 0.643. The van der Waals surface area contributed by atoms with Crippen molar-refractivity contribution in [3.63, 3.8) is 0 Å². The monoisotopic (exact) mass is 380 g/mol. The van der Waals surface area contributed by atoms with Crippen LogP contribution >= 0.6 is 23.4 Å². The number of para-hydroxylation sites is 1. The fourth-order valence-corrected chi connectivity index (χ4v) is 4.03. The Morgan fingerprint density at radius 3 is 2.88 bits per heavy atom. The first-order valence-electron chi connectivity index (χ1n) is 7.76. The number of carboxylic acid groups (broad SMARTS) is 1. The van der Waals surface area contributed by atoms with Crippen molar-refractivity contribution in [2.75, 3.05) is 18.1 Å². The highest BCUT2D eigenvalue weighted by atomic mass is 35.5. The van der Waals surface area contributed by atoms with Crippen molar-refractivity contribution in [3.05, 3.63) is 40.9 Å². The first-order valence-corrected chi connectivity index (χ1v) is 9.29.